The summed E-state index contributed by atoms with van der Waals surface area (Å²) < 4.78 is 0. The predicted molar refractivity (Wildman–Crippen MR) is 83.9 cm³/mol. The van der Waals surface area contributed by atoms with Crippen LogP contribution in [0.25, 0.3) is 0 Å². The van der Waals surface area contributed by atoms with Gasteiger partial charge in [0.15, 0.2) is 0 Å². The number of rotatable bonds is 5. The van der Waals surface area contributed by atoms with Gasteiger partial charge in [-0.3, -0.25) is 4.79 Å². The first kappa shape index (κ1) is 14.3. The SMILES string of the molecule is CCc1cccc(NC(=O)[C@H](CC)c2ccccc2)c1. The highest BCUT2D eigenvalue weighted by Crippen LogP contribution is 2.22. The predicted octanol–water partition coefficient (Wildman–Crippen LogP) is 4.38. The van der Waals surface area contributed by atoms with Gasteiger partial charge < -0.3 is 5.32 Å². The molecule has 1 amide bonds. The normalized spacial score (nSPS) is 11.9. The van der Waals surface area contributed by atoms with Crippen molar-refractivity contribution in [3.8, 4) is 0 Å². The molecule has 2 aromatic carbocycles. The van der Waals surface area contributed by atoms with Gasteiger partial charge in [-0.1, -0.05) is 56.3 Å². The van der Waals surface area contributed by atoms with Crippen molar-refractivity contribution in [3.05, 3.63) is 65.7 Å². The zero-order chi connectivity index (χ0) is 14.4. The van der Waals surface area contributed by atoms with Gasteiger partial charge in [0.2, 0.25) is 5.91 Å². The maximum atomic E-state index is 12.4. The van der Waals surface area contributed by atoms with E-state index in [1.165, 1.54) is 5.56 Å². The van der Waals surface area contributed by atoms with Crippen molar-refractivity contribution in [3.63, 3.8) is 0 Å². The molecule has 104 valence electrons. The van der Waals surface area contributed by atoms with Crippen molar-refractivity contribution in [2.45, 2.75) is 32.6 Å². The van der Waals surface area contributed by atoms with E-state index < -0.39 is 0 Å². The summed E-state index contributed by atoms with van der Waals surface area (Å²) in [5.74, 6) is -0.0339. The molecule has 0 heterocycles. The molecule has 2 rings (SSSR count). The Morgan fingerprint density at radius 3 is 2.45 bits per heavy atom. The Morgan fingerprint density at radius 1 is 1.05 bits per heavy atom. The summed E-state index contributed by atoms with van der Waals surface area (Å²) in [6.45, 7) is 4.15. The van der Waals surface area contributed by atoms with Crippen molar-refractivity contribution in [2.75, 3.05) is 5.32 Å². The lowest BCUT2D eigenvalue weighted by atomic mass is 9.95. The zero-order valence-corrected chi connectivity index (χ0v) is 12.1. The molecule has 0 bridgehead atoms. The van der Waals surface area contributed by atoms with E-state index in [1.54, 1.807) is 0 Å². The third-order valence-corrected chi connectivity index (χ3v) is 3.53. The van der Waals surface area contributed by atoms with Crippen LogP contribution in [0.2, 0.25) is 0 Å². The van der Waals surface area contributed by atoms with Crippen molar-refractivity contribution < 1.29 is 4.79 Å². The summed E-state index contributed by atoms with van der Waals surface area (Å²) in [6, 6.07) is 18.0. The molecule has 1 atom stereocenters. The fourth-order valence-corrected chi connectivity index (χ4v) is 2.36. The maximum Gasteiger partial charge on any atom is 0.231 e. The highest BCUT2D eigenvalue weighted by molar-refractivity contribution is 5.95. The summed E-state index contributed by atoms with van der Waals surface area (Å²) >= 11 is 0. The quantitative estimate of drug-likeness (QED) is 0.855. The molecular weight excluding hydrogens is 246 g/mol. The van der Waals surface area contributed by atoms with Crippen LogP contribution in [-0.4, -0.2) is 5.91 Å². The van der Waals surface area contributed by atoms with Gasteiger partial charge in [-0.25, -0.2) is 0 Å². The van der Waals surface area contributed by atoms with Gasteiger partial charge in [0, 0.05) is 5.69 Å². The number of amides is 1. The Labute approximate surface area is 120 Å². The van der Waals surface area contributed by atoms with Crippen LogP contribution in [0, 0.1) is 0 Å². The van der Waals surface area contributed by atoms with Crippen LogP contribution in [0.3, 0.4) is 0 Å². The van der Waals surface area contributed by atoms with Crippen LogP contribution in [0.15, 0.2) is 54.6 Å². The van der Waals surface area contributed by atoms with E-state index in [-0.39, 0.29) is 11.8 Å². The Morgan fingerprint density at radius 2 is 1.80 bits per heavy atom. The summed E-state index contributed by atoms with van der Waals surface area (Å²) in [5.41, 5.74) is 3.18. The fraction of sp³-hybridized carbons (Fsp3) is 0.278. The smallest absolute Gasteiger partial charge is 0.231 e. The van der Waals surface area contributed by atoms with Crippen molar-refractivity contribution in [1.29, 1.82) is 0 Å². The van der Waals surface area contributed by atoms with E-state index in [9.17, 15) is 4.79 Å². The maximum absolute atomic E-state index is 12.4. The van der Waals surface area contributed by atoms with Crippen LogP contribution >= 0.6 is 0 Å². The average Bonchev–Trinajstić information content (AvgIpc) is 2.49. The summed E-state index contributed by atoms with van der Waals surface area (Å²) in [4.78, 5) is 12.4. The molecule has 0 spiro atoms. The molecule has 0 fully saturated rings. The number of hydrogen-bond acceptors (Lipinski definition) is 1. The Hall–Kier alpha value is -2.09. The second-order valence-corrected chi connectivity index (χ2v) is 4.91. The topological polar surface area (TPSA) is 29.1 Å². The third-order valence-electron chi connectivity index (χ3n) is 3.53. The molecule has 0 radical (unpaired) electrons. The molecule has 0 saturated carbocycles. The number of aryl methyl sites for hydroxylation is 1. The zero-order valence-electron chi connectivity index (χ0n) is 12.1. The molecule has 2 heteroatoms. The molecule has 20 heavy (non-hydrogen) atoms. The van der Waals surface area contributed by atoms with E-state index in [4.69, 9.17) is 0 Å². The van der Waals surface area contributed by atoms with Crippen LogP contribution < -0.4 is 5.32 Å². The lowest BCUT2D eigenvalue weighted by Crippen LogP contribution is -2.20. The number of carbonyl (C=O) groups is 1. The first-order valence-corrected chi connectivity index (χ1v) is 7.19. The van der Waals surface area contributed by atoms with Gasteiger partial charge in [0.05, 0.1) is 5.92 Å². The van der Waals surface area contributed by atoms with Crippen molar-refractivity contribution in [1.82, 2.24) is 0 Å². The van der Waals surface area contributed by atoms with Gasteiger partial charge in [0.25, 0.3) is 0 Å². The minimum Gasteiger partial charge on any atom is -0.326 e. The van der Waals surface area contributed by atoms with Gasteiger partial charge in [0.1, 0.15) is 0 Å². The average molecular weight is 267 g/mol. The minimum atomic E-state index is -0.0958. The standard InChI is InChI=1S/C18H21NO/c1-3-14-9-8-12-16(13-14)19-18(20)17(4-2)15-10-6-5-7-11-15/h5-13,17H,3-4H2,1-2H3,(H,19,20)/t17-/m1/s1. The van der Waals surface area contributed by atoms with Gasteiger partial charge in [-0.15, -0.1) is 0 Å². The van der Waals surface area contributed by atoms with Crippen molar-refractivity contribution >= 4 is 11.6 Å². The number of hydrogen-bond donors (Lipinski definition) is 1. The van der Waals surface area contributed by atoms with Gasteiger partial charge >= 0.3 is 0 Å². The molecule has 1 N–H and O–H groups in total. The van der Waals surface area contributed by atoms with Gasteiger partial charge in [-0.05, 0) is 36.1 Å². The van der Waals surface area contributed by atoms with Gasteiger partial charge in [-0.2, -0.15) is 0 Å². The Balaban J connectivity index is 2.13. The highest BCUT2D eigenvalue weighted by Gasteiger charge is 2.18. The lowest BCUT2D eigenvalue weighted by molar-refractivity contribution is -0.117. The van der Waals surface area contributed by atoms with Crippen LogP contribution in [0.5, 0.6) is 0 Å². The van der Waals surface area contributed by atoms with E-state index in [1.807, 2.05) is 55.5 Å². The molecule has 0 aliphatic heterocycles. The highest BCUT2D eigenvalue weighted by atomic mass is 16.1. The fourth-order valence-electron chi connectivity index (χ4n) is 2.36. The van der Waals surface area contributed by atoms with E-state index in [0.29, 0.717) is 0 Å². The second-order valence-electron chi connectivity index (χ2n) is 4.91. The summed E-state index contributed by atoms with van der Waals surface area (Å²) in [7, 11) is 0. The number of nitrogens with one attached hydrogen (secondary N) is 1. The monoisotopic (exact) mass is 267 g/mol. The molecule has 0 aliphatic rings. The molecule has 0 aliphatic carbocycles. The largest absolute Gasteiger partial charge is 0.326 e. The van der Waals surface area contributed by atoms with E-state index in [0.717, 1.165) is 24.1 Å². The van der Waals surface area contributed by atoms with Crippen LogP contribution in [-0.2, 0) is 11.2 Å². The molecule has 0 unspecified atom stereocenters. The van der Waals surface area contributed by atoms with Crippen LogP contribution in [0.1, 0.15) is 37.3 Å². The summed E-state index contributed by atoms with van der Waals surface area (Å²) in [5, 5.41) is 3.03. The number of anilines is 1. The Bertz CT molecular complexity index is 563. The van der Waals surface area contributed by atoms with E-state index in [2.05, 4.69) is 18.3 Å². The molecule has 2 aromatic rings. The van der Waals surface area contributed by atoms with Crippen LogP contribution in [0.4, 0.5) is 5.69 Å². The summed E-state index contributed by atoms with van der Waals surface area (Å²) in [6.07, 6.45) is 1.77. The van der Waals surface area contributed by atoms with E-state index >= 15 is 0 Å². The molecular formula is C18H21NO. The second kappa shape index (κ2) is 6.90. The number of benzene rings is 2. The first-order chi connectivity index (χ1) is 9.74. The third kappa shape index (κ3) is 3.47. The lowest BCUT2D eigenvalue weighted by Gasteiger charge is -2.15. The molecule has 0 aromatic heterocycles. The Kier molecular flexibility index (Phi) is 4.94. The number of carbonyl (C=O) groups excluding carboxylic acids is 1. The molecule has 0 saturated heterocycles. The van der Waals surface area contributed by atoms with Crippen molar-refractivity contribution in [2.24, 2.45) is 0 Å². The first-order valence-electron chi connectivity index (χ1n) is 7.19. The molecule has 2 nitrogen and oxygen atoms in total. The minimum absolute atomic E-state index is 0.0620.